The van der Waals surface area contributed by atoms with E-state index in [1.54, 1.807) is 0 Å². The van der Waals surface area contributed by atoms with E-state index in [9.17, 15) is 9.59 Å². The first-order valence-electron chi connectivity index (χ1n) is 6.44. The Labute approximate surface area is 150 Å². The Morgan fingerprint density at radius 3 is 2.27 bits per heavy atom. The van der Waals surface area contributed by atoms with Gasteiger partial charge in [0.05, 0.1) is 6.42 Å². The van der Waals surface area contributed by atoms with E-state index in [1.807, 2.05) is 30.3 Å². The van der Waals surface area contributed by atoms with E-state index in [-0.39, 0.29) is 54.2 Å². The number of amides is 1. The molecule has 2 aromatic rings. The molecule has 0 heterocycles. The van der Waals surface area contributed by atoms with Gasteiger partial charge in [-0.1, -0.05) is 30.3 Å². The number of hydrogen-bond acceptors (Lipinski definition) is 4. The van der Waals surface area contributed by atoms with Gasteiger partial charge in [0.1, 0.15) is 18.0 Å². The molecule has 6 heteroatoms. The molecule has 2 N–H and O–H groups in total. The summed E-state index contributed by atoms with van der Waals surface area (Å²) in [6.45, 7) is -0.202. The zero-order valence-electron chi connectivity index (χ0n) is 12.3. The van der Waals surface area contributed by atoms with Crippen molar-refractivity contribution in [2.24, 2.45) is 0 Å². The van der Waals surface area contributed by atoms with E-state index in [4.69, 9.17) is 9.84 Å². The largest absolute Gasteiger partial charge is 1.00 e. The number of rotatable bonds is 5. The van der Waals surface area contributed by atoms with Gasteiger partial charge >= 0.3 is 35.5 Å². The maximum absolute atomic E-state index is 11.7. The average molecular weight is 308 g/mol. The van der Waals surface area contributed by atoms with Crippen molar-refractivity contribution in [2.45, 2.75) is 6.42 Å². The molecule has 0 fully saturated rings. The molecular weight excluding hydrogens is 293 g/mol. The number of carbonyl (C=O) groups is 2. The normalized spacial score (nSPS) is 9.45. The van der Waals surface area contributed by atoms with Gasteiger partial charge in [0.2, 0.25) is 5.91 Å². The molecule has 0 atom stereocenters. The van der Waals surface area contributed by atoms with Crippen LogP contribution in [0.25, 0.3) is 0 Å². The second kappa shape index (κ2) is 9.25. The maximum Gasteiger partial charge on any atom is 1.00 e. The topological polar surface area (TPSA) is 75.6 Å². The van der Waals surface area contributed by atoms with Gasteiger partial charge in [-0.3, -0.25) is 4.79 Å². The van der Waals surface area contributed by atoms with E-state index < -0.39 is 5.97 Å². The second-order valence-corrected chi connectivity index (χ2v) is 4.41. The van der Waals surface area contributed by atoms with E-state index in [0.29, 0.717) is 5.75 Å². The molecule has 2 aromatic carbocycles. The molecular formula is C16H15NNaO4+. The van der Waals surface area contributed by atoms with Crippen molar-refractivity contribution in [2.75, 3.05) is 6.54 Å². The van der Waals surface area contributed by atoms with Crippen LogP contribution in [0.15, 0.2) is 54.6 Å². The number of hydrogen-bond donors (Lipinski definition) is 2. The summed E-state index contributed by atoms with van der Waals surface area (Å²) in [5.41, 5.74) is 0.877. The molecule has 22 heavy (non-hydrogen) atoms. The smallest absolute Gasteiger partial charge is 0.508 e. The molecule has 0 saturated carbocycles. The molecule has 2 rings (SSSR count). The fourth-order valence-electron chi connectivity index (χ4n) is 1.70. The zero-order chi connectivity index (χ0) is 15.1. The van der Waals surface area contributed by atoms with Gasteiger partial charge in [0, 0.05) is 0 Å². The first kappa shape index (κ1) is 18.2. The summed E-state index contributed by atoms with van der Waals surface area (Å²) in [6, 6.07) is 15.0. The molecule has 108 valence electrons. The van der Waals surface area contributed by atoms with E-state index >= 15 is 0 Å². The van der Waals surface area contributed by atoms with Crippen LogP contribution < -0.4 is 39.6 Å². The molecule has 0 bridgehead atoms. The molecule has 1 amide bonds. The third kappa shape index (κ3) is 6.30. The van der Waals surface area contributed by atoms with E-state index in [0.717, 1.165) is 5.56 Å². The molecule has 0 aliphatic heterocycles. The number of nitrogens with one attached hydrogen (secondary N) is 1. The molecule has 0 spiro atoms. The number of phenols is 1. The summed E-state index contributed by atoms with van der Waals surface area (Å²) in [7, 11) is 0. The SMILES string of the molecule is O=C(Cc1ccccc1)NCC(=O)Oc1ccc(O)cc1.[Na+]. The third-order valence-corrected chi connectivity index (χ3v) is 2.71. The fraction of sp³-hybridized carbons (Fsp3) is 0.125. The Morgan fingerprint density at radius 2 is 1.64 bits per heavy atom. The van der Waals surface area contributed by atoms with Crippen molar-refractivity contribution in [1.29, 1.82) is 0 Å². The summed E-state index contributed by atoms with van der Waals surface area (Å²) in [4.78, 5) is 23.2. The number of ether oxygens (including phenoxy) is 1. The summed E-state index contributed by atoms with van der Waals surface area (Å²) in [5.74, 6) is -0.410. The van der Waals surface area contributed by atoms with Gasteiger partial charge in [-0.05, 0) is 29.8 Å². The Bertz CT molecular complexity index is 614. The van der Waals surface area contributed by atoms with Gasteiger partial charge in [-0.2, -0.15) is 0 Å². The van der Waals surface area contributed by atoms with Gasteiger partial charge < -0.3 is 15.2 Å². The minimum atomic E-state index is -0.567. The summed E-state index contributed by atoms with van der Waals surface area (Å²) >= 11 is 0. The average Bonchev–Trinajstić information content (AvgIpc) is 2.49. The predicted octanol–water partition coefficient (Wildman–Crippen LogP) is -1.34. The van der Waals surface area contributed by atoms with Crippen molar-refractivity contribution < 1.29 is 49.0 Å². The molecule has 0 saturated heterocycles. The van der Waals surface area contributed by atoms with Crippen LogP contribution in [0.5, 0.6) is 11.5 Å². The van der Waals surface area contributed by atoms with Gasteiger partial charge in [-0.15, -0.1) is 0 Å². The van der Waals surface area contributed by atoms with Crippen molar-refractivity contribution in [3.05, 3.63) is 60.2 Å². The van der Waals surface area contributed by atoms with Crippen LogP contribution in [0.4, 0.5) is 0 Å². The van der Waals surface area contributed by atoms with Crippen LogP contribution in [0.2, 0.25) is 0 Å². The molecule has 0 aliphatic rings. The molecule has 0 aliphatic carbocycles. The Kier molecular flexibility index (Phi) is 7.66. The Hall–Kier alpha value is -1.82. The molecule has 0 unspecified atom stereocenters. The van der Waals surface area contributed by atoms with E-state index in [1.165, 1.54) is 24.3 Å². The fourth-order valence-corrected chi connectivity index (χ4v) is 1.70. The zero-order valence-corrected chi connectivity index (χ0v) is 14.3. The maximum atomic E-state index is 11.7. The summed E-state index contributed by atoms with van der Waals surface area (Å²) < 4.78 is 5.01. The number of benzene rings is 2. The minimum absolute atomic E-state index is 0. The summed E-state index contributed by atoms with van der Waals surface area (Å²) in [5, 5.41) is 11.6. The Balaban J connectivity index is 0.00000242. The van der Waals surface area contributed by atoms with Crippen LogP contribution in [0.3, 0.4) is 0 Å². The third-order valence-electron chi connectivity index (χ3n) is 2.71. The van der Waals surface area contributed by atoms with Crippen molar-refractivity contribution >= 4 is 11.9 Å². The quantitative estimate of drug-likeness (QED) is 0.407. The van der Waals surface area contributed by atoms with Crippen molar-refractivity contribution in [3.63, 3.8) is 0 Å². The monoisotopic (exact) mass is 308 g/mol. The predicted molar refractivity (Wildman–Crippen MR) is 76.9 cm³/mol. The first-order valence-corrected chi connectivity index (χ1v) is 6.44. The van der Waals surface area contributed by atoms with Crippen LogP contribution in [0, 0.1) is 0 Å². The van der Waals surface area contributed by atoms with Gasteiger partial charge in [-0.25, -0.2) is 4.79 Å². The number of aromatic hydroxyl groups is 1. The number of phenolic OH excluding ortho intramolecular Hbond substituents is 1. The molecule has 5 nitrogen and oxygen atoms in total. The molecule has 0 aromatic heterocycles. The Morgan fingerprint density at radius 1 is 1.00 bits per heavy atom. The standard InChI is InChI=1S/C16H15NO4.Na/c18-13-6-8-14(9-7-13)21-16(20)11-17-15(19)10-12-4-2-1-3-5-12;/h1-9,18H,10-11H2,(H,17,19);/q;+1. The van der Waals surface area contributed by atoms with E-state index in [2.05, 4.69) is 5.32 Å². The first-order chi connectivity index (χ1) is 10.1. The number of esters is 1. The molecule has 0 radical (unpaired) electrons. The van der Waals surface area contributed by atoms with Gasteiger partial charge in [0.15, 0.2) is 0 Å². The van der Waals surface area contributed by atoms with Crippen molar-refractivity contribution in [3.8, 4) is 11.5 Å². The second-order valence-electron chi connectivity index (χ2n) is 4.41. The van der Waals surface area contributed by atoms with Crippen molar-refractivity contribution in [1.82, 2.24) is 5.32 Å². The van der Waals surface area contributed by atoms with Crippen LogP contribution >= 0.6 is 0 Å². The minimum Gasteiger partial charge on any atom is -0.508 e. The van der Waals surface area contributed by atoms with Crippen LogP contribution in [0.1, 0.15) is 5.56 Å². The number of carbonyl (C=O) groups excluding carboxylic acids is 2. The van der Waals surface area contributed by atoms with Gasteiger partial charge in [0.25, 0.3) is 0 Å². The summed E-state index contributed by atoms with van der Waals surface area (Å²) in [6.07, 6.45) is 0.216. The van der Waals surface area contributed by atoms with Crippen LogP contribution in [-0.4, -0.2) is 23.5 Å². The van der Waals surface area contributed by atoms with Crippen LogP contribution in [-0.2, 0) is 16.0 Å².